The third kappa shape index (κ3) is 5.08. The summed E-state index contributed by atoms with van der Waals surface area (Å²) in [5, 5.41) is 0.444. The van der Waals surface area contributed by atoms with E-state index in [0.717, 1.165) is 11.1 Å². The molecule has 0 N–H and O–H groups in total. The molecule has 30 heavy (non-hydrogen) atoms. The lowest BCUT2D eigenvalue weighted by molar-refractivity contribution is -0.118. The molecule has 0 aliphatic heterocycles. The fourth-order valence-electron chi connectivity index (χ4n) is 3.01. The zero-order valence-corrected chi connectivity index (χ0v) is 18.4. The van der Waals surface area contributed by atoms with Crippen LogP contribution in [0.1, 0.15) is 11.1 Å². The molecule has 3 aromatic rings. The van der Waals surface area contributed by atoms with Gasteiger partial charge in [-0.05, 0) is 54.4 Å². The van der Waals surface area contributed by atoms with Crippen LogP contribution in [0.5, 0.6) is 0 Å². The standard InChI is InChI=1S/C23H23ClN2O3S/c1-18-8-6-7-9-19(18)16-26(30(28,29)22-14-12-20(24)13-15-22)17-23(27)25(2)21-10-4-3-5-11-21/h3-15H,16-17H2,1-2H3. The maximum atomic E-state index is 13.4. The summed E-state index contributed by atoms with van der Waals surface area (Å²) in [6, 6.07) is 22.6. The highest BCUT2D eigenvalue weighted by Crippen LogP contribution is 2.22. The van der Waals surface area contributed by atoms with Gasteiger partial charge in [0.25, 0.3) is 0 Å². The second-order valence-electron chi connectivity index (χ2n) is 6.94. The minimum atomic E-state index is -3.92. The van der Waals surface area contributed by atoms with Crippen molar-refractivity contribution in [3.63, 3.8) is 0 Å². The van der Waals surface area contributed by atoms with E-state index in [-0.39, 0.29) is 23.9 Å². The lowest BCUT2D eigenvalue weighted by Gasteiger charge is -2.25. The number of hydrogen-bond donors (Lipinski definition) is 0. The van der Waals surface area contributed by atoms with Crippen LogP contribution in [0.3, 0.4) is 0 Å². The largest absolute Gasteiger partial charge is 0.314 e. The van der Waals surface area contributed by atoms with Crippen LogP contribution in [0.25, 0.3) is 0 Å². The molecule has 0 spiro atoms. The first-order valence-corrected chi connectivity index (χ1v) is 11.2. The number of likely N-dealkylation sites (N-methyl/N-ethyl adjacent to an activating group) is 1. The Bertz CT molecular complexity index is 1120. The molecule has 0 heterocycles. The summed E-state index contributed by atoms with van der Waals surface area (Å²) in [7, 11) is -2.28. The van der Waals surface area contributed by atoms with Crippen LogP contribution in [0.2, 0.25) is 5.02 Å². The molecule has 0 unspecified atom stereocenters. The van der Waals surface area contributed by atoms with Crippen LogP contribution in [-0.2, 0) is 21.4 Å². The van der Waals surface area contributed by atoms with Crippen LogP contribution in [0.4, 0.5) is 5.69 Å². The van der Waals surface area contributed by atoms with E-state index in [4.69, 9.17) is 11.6 Å². The molecule has 7 heteroatoms. The Morgan fingerprint density at radius 1 is 0.900 bits per heavy atom. The summed E-state index contributed by atoms with van der Waals surface area (Å²) < 4.78 is 27.9. The molecule has 0 aromatic heterocycles. The van der Waals surface area contributed by atoms with Gasteiger partial charge >= 0.3 is 0 Å². The molecular formula is C23H23ClN2O3S. The molecule has 0 aliphatic carbocycles. The predicted octanol–water partition coefficient (Wildman–Crippen LogP) is 4.50. The molecule has 5 nitrogen and oxygen atoms in total. The first kappa shape index (κ1) is 22.0. The monoisotopic (exact) mass is 442 g/mol. The number of amides is 1. The smallest absolute Gasteiger partial charge is 0.243 e. The van der Waals surface area contributed by atoms with Crippen LogP contribution >= 0.6 is 11.6 Å². The number of halogens is 1. The number of benzene rings is 3. The highest BCUT2D eigenvalue weighted by atomic mass is 35.5. The molecule has 0 aliphatic rings. The molecule has 0 saturated carbocycles. The van der Waals surface area contributed by atoms with Gasteiger partial charge in [-0.25, -0.2) is 8.42 Å². The topological polar surface area (TPSA) is 57.7 Å². The van der Waals surface area contributed by atoms with E-state index < -0.39 is 10.0 Å². The molecule has 0 bridgehead atoms. The molecule has 1 amide bonds. The maximum Gasteiger partial charge on any atom is 0.243 e. The van der Waals surface area contributed by atoms with Crippen molar-refractivity contribution in [1.82, 2.24) is 4.31 Å². The van der Waals surface area contributed by atoms with E-state index in [1.165, 1.54) is 33.5 Å². The molecule has 3 aromatic carbocycles. The minimum Gasteiger partial charge on any atom is -0.314 e. The fourth-order valence-corrected chi connectivity index (χ4v) is 4.51. The summed E-state index contributed by atoms with van der Waals surface area (Å²) in [6.07, 6.45) is 0. The number of aryl methyl sites for hydroxylation is 1. The van der Waals surface area contributed by atoms with Crippen molar-refractivity contribution < 1.29 is 13.2 Å². The van der Waals surface area contributed by atoms with Gasteiger partial charge in [0.05, 0.1) is 11.4 Å². The van der Waals surface area contributed by atoms with E-state index in [0.29, 0.717) is 10.7 Å². The van der Waals surface area contributed by atoms with Crippen molar-refractivity contribution in [2.75, 3.05) is 18.5 Å². The number of sulfonamides is 1. The van der Waals surface area contributed by atoms with E-state index in [9.17, 15) is 13.2 Å². The Morgan fingerprint density at radius 3 is 2.13 bits per heavy atom. The second kappa shape index (κ2) is 9.43. The number of rotatable bonds is 7. The van der Waals surface area contributed by atoms with Gasteiger partial charge in [-0.3, -0.25) is 4.79 Å². The Kier molecular flexibility index (Phi) is 6.92. The minimum absolute atomic E-state index is 0.0893. The molecule has 0 atom stereocenters. The number of para-hydroxylation sites is 1. The Labute approximate surface area is 182 Å². The van der Waals surface area contributed by atoms with Gasteiger partial charge < -0.3 is 4.90 Å². The van der Waals surface area contributed by atoms with Gasteiger partial charge in [0, 0.05) is 24.3 Å². The zero-order chi connectivity index (χ0) is 21.7. The number of nitrogens with zero attached hydrogens (tertiary/aromatic N) is 2. The molecule has 0 saturated heterocycles. The van der Waals surface area contributed by atoms with Gasteiger partial charge in [0.2, 0.25) is 15.9 Å². The van der Waals surface area contributed by atoms with Crippen LogP contribution in [-0.4, -0.2) is 32.2 Å². The van der Waals surface area contributed by atoms with E-state index in [2.05, 4.69) is 0 Å². The number of carbonyl (C=O) groups is 1. The van der Waals surface area contributed by atoms with Crippen LogP contribution in [0.15, 0.2) is 83.8 Å². The third-order valence-corrected chi connectivity index (χ3v) is 6.95. The summed E-state index contributed by atoms with van der Waals surface area (Å²) in [5.41, 5.74) is 2.49. The second-order valence-corrected chi connectivity index (χ2v) is 9.32. The quantitative estimate of drug-likeness (QED) is 0.541. The van der Waals surface area contributed by atoms with Gasteiger partial charge in [-0.2, -0.15) is 4.31 Å². The maximum absolute atomic E-state index is 13.4. The van der Waals surface area contributed by atoms with Crippen LogP contribution in [0, 0.1) is 6.92 Å². The highest BCUT2D eigenvalue weighted by Gasteiger charge is 2.28. The number of hydrogen-bond acceptors (Lipinski definition) is 3. The predicted molar refractivity (Wildman–Crippen MR) is 120 cm³/mol. The van der Waals surface area contributed by atoms with Crippen LogP contribution < -0.4 is 4.90 Å². The molecule has 0 radical (unpaired) electrons. The van der Waals surface area contributed by atoms with Gasteiger partial charge in [0.1, 0.15) is 0 Å². The van der Waals surface area contributed by atoms with Gasteiger partial charge in [0.15, 0.2) is 0 Å². The molecular weight excluding hydrogens is 420 g/mol. The van der Waals surface area contributed by atoms with Gasteiger partial charge in [-0.1, -0.05) is 54.1 Å². The van der Waals surface area contributed by atoms with Crippen molar-refractivity contribution in [3.8, 4) is 0 Å². The Hall–Kier alpha value is -2.67. The van der Waals surface area contributed by atoms with E-state index >= 15 is 0 Å². The number of anilines is 1. The van der Waals surface area contributed by atoms with Crippen molar-refractivity contribution >= 4 is 33.2 Å². The third-order valence-electron chi connectivity index (χ3n) is 4.89. The van der Waals surface area contributed by atoms with Gasteiger partial charge in [-0.15, -0.1) is 0 Å². The van der Waals surface area contributed by atoms with Crippen molar-refractivity contribution in [2.45, 2.75) is 18.4 Å². The number of carbonyl (C=O) groups excluding carboxylic acids is 1. The molecule has 3 rings (SSSR count). The van der Waals surface area contributed by atoms with Crippen molar-refractivity contribution in [1.29, 1.82) is 0 Å². The average molecular weight is 443 g/mol. The normalized spacial score (nSPS) is 11.5. The van der Waals surface area contributed by atoms with Crippen molar-refractivity contribution in [3.05, 3.63) is 95.0 Å². The SMILES string of the molecule is Cc1ccccc1CN(CC(=O)N(C)c1ccccc1)S(=O)(=O)c1ccc(Cl)cc1. The Balaban J connectivity index is 1.94. The van der Waals surface area contributed by atoms with E-state index in [1.807, 2.05) is 49.4 Å². The summed E-state index contributed by atoms with van der Waals surface area (Å²) in [4.78, 5) is 14.5. The fraction of sp³-hybridized carbons (Fsp3) is 0.174. The average Bonchev–Trinajstić information content (AvgIpc) is 2.75. The summed E-state index contributed by atoms with van der Waals surface area (Å²) in [6.45, 7) is 1.72. The lowest BCUT2D eigenvalue weighted by atomic mass is 10.1. The van der Waals surface area contributed by atoms with Crippen molar-refractivity contribution in [2.24, 2.45) is 0 Å². The Morgan fingerprint density at radius 2 is 1.50 bits per heavy atom. The summed E-state index contributed by atoms with van der Waals surface area (Å²) in [5.74, 6) is -0.327. The lowest BCUT2D eigenvalue weighted by Crippen LogP contribution is -2.41. The zero-order valence-electron chi connectivity index (χ0n) is 16.8. The summed E-state index contributed by atoms with van der Waals surface area (Å²) >= 11 is 5.92. The molecule has 0 fully saturated rings. The first-order valence-electron chi connectivity index (χ1n) is 9.41. The first-order chi connectivity index (χ1) is 14.3. The van der Waals surface area contributed by atoms with E-state index in [1.54, 1.807) is 19.2 Å². The molecule has 156 valence electrons. The highest BCUT2D eigenvalue weighted by molar-refractivity contribution is 7.89.